The SMILES string of the molecule is COc1ccc([C@]2(O)CCCC[C@@H]2N[S@](=O)C(C)(C)C)cc1. The van der Waals surface area contributed by atoms with Crippen molar-refractivity contribution in [3.8, 4) is 5.75 Å². The molecule has 5 heteroatoms. The molecule has 1 aromatic carbocycles. The number of hydrogen-bond acceptors (Lipinski definition) is 3. The van der Waals surface area contributed by atoms with E-state index in [0.29, 0.717) is 6.42 Å². The molecule has 1 aliphatic carbocycles. The molecule has 3 atom stereocenters. The van der Waals surface area contributed by atoms with E-state index >= 15 is 0 Å². The normalized spacial score (nSPS) is 27.4. The van der Waals surface area contributed by atoms with Gasteiger partial charge in [0.2, 0.25) is 0 Å². The van der Waals surface area contributed by atoms with Crippen molar-refractivity contribution in [1.82, 2.24) is 4.72 Å². The van der Waals surface area contributed by atoms with Gasteiger partial charge in [0, 0.05) is 0 Å². The molecule has 22 heavy (non-hydrogen) atoms. The van der Waals surface area contributed by atoms with Gasteiger partial charge in [-0.2, -0.15) is 0 Å². The molecule has 2 N–H and O–H groups in total. The average molecular weight is 325 g/mol. The van der Waals surface area contributed by atoms with Crippen LogP contribution in [0, 0.1) is 0 Å². The zero-order chi connectivity index (χ0) is 16.4. The Bertz CT molecular complexity index is 524. The van der Waals surface area contributed by atoms with Gasteiger partial charge in [-0.15, -0.1) is 0 Å². The fraction of sp³-hybridized carbons (Fsp3) is 0.647. The van der Waals surface area contributed by atoms with Gasteiger partial charge in [0.05, 0.1) is 28.9 Å². The standard InChI is InChI=1S/C17H27NO3S/c1-16(2,3)22(20)18-15-7-5-6-12-17(15,19)13-8-10-14(21-4)11-9-13/h8-11,15,18-19H,5-7,12H2,1-4H3/t15-,17+,22+/m0/s1. The summed E-state index contributed by atoms with van der Waals surface area (Å²) in [4.78, 5) is 0. The Kier molecular flexibility index (Phi) is 5.30. The van der Waals surface area contributed by atoms with Gasteiger partial charge in [0.1, 0.15) is 11.4 Å². The van der Waals surface area contributed by atoms with Crippen molar-refractivity contribution in [2.24, 2.45) is 0 Å². The molecule has 0 unspecified atom stereocenters. The summed E-state index contributed by atoms with van der Waals surface area (Å²) in [5.41, 5.74) is -0.123. The largest absolute Gasteiger partial charge is 0.497 e. The van der Waals surface area contributed by atoms with Crippen molar-refractivity contribution in [2.75, 3.05) is 7.11 Å². The van der Waals surface area contributed by atoms with Crippen LogP contribution in [0.15, 0.2) is 24.3 Å². The summed E-state index contributed by atoms with van der Waals surface area (Å²) < 4.78 is 20.4. The molecule has 0 spiro atoms. The molecule has 4 nitrogen and oxygen atoms in total. The van der Waals surface area contributed by atoms with E-state index in [1.165, 1.54) is 0 Å². The summed E-state index contributed by atoms with van der Waals surface area (Å²) in [6, 6.07) is 7.33. The first-order chi connectivity index (χ1) is 10.3. The van der Waals surface area contributed by atoms with Gasteiger partial charge in [0.25, 0.3) is 0 Å². The van der Waals surface area contributed by atoms with Crippen molar-refractivity contribution in [1.29, 1.82) is 0 Å². The van der Waals surface area contributed by atoms with Crippen molar-refractivity contribution >= 4 is 11.0 Å². The molecule has 2 rings (SSSR count). The van der Waals surface area contributed by atoms with E-state index in [4.69, 9.17) is 4.74 Å². The molecule has 1 aliphatic rings. The zero-order valence-electron chi connectivity index (χ0n) is 13.9. The van der Waals surface area contributed by atoms with Crippen LogP contribution in [-0.2, 0) is 16.6 Å². The lowest BCUT2D eigenvalue weighted by molar-refractivity contribution is -0.0246. The summed E-state index contributed by atoms with van der Waals surface area (Å²) >= 11 is 0. The second-order valence-corrected chi connectivity index (χ2v) is 8.95. The van der Waals surface area contributed by atoms with Gasteiger partial charge in [-0.3, -0.25) is 0 Å². The first kappa shape index (κ1) is 17.4. The number of benzene rings is 1. The second-order valence-electron chi connectivity index (χ2n) is 6.95. The van der Waals surface area contributed by atoms with E-state index < -0.39 is 16.6 Å². The highest BCUT2D eigenvalue weighted by Gasteiger charge is 2.42. The van der Waals surface area contributed by atoms with E-state index in [-0.39, 0.29) is 10.8 Å². The van der Waals surface area contributed by atoms with Crippen LogP contribution in [-0.4, -0.2) is 27.2 Å². The Hall–Kier alpha value is -0.910. The minimum Gasteiger partial charge on any atom is -0.497 e. The number of ether oxygens (including phenoxy) is 1. The predicted molar refractivity (Wildman–Crippen MR) is 90.2 cm³/mol. The van der Waals surface area contributed by atoms with E-state index in [2.05, 4.69) is 4.72 Å². The molecular weight excluding hydrogens is 298 g/mol. The summed E-state index contributed by atoms with van der Waals surface area (Å²) in [5, 5.41) is 11.2. The van der Waals surface area contributed by atoms with Crippen LogP contribution in [0.4, 0.5) is 0 Å². The molecule has 0 aliphatic heterocycles. The van der Waals surface area contributed by atoms with Crippen LogP contribution in [0.5, 0.6) is 5.75 Å². The van der Waals surface area contributed by atoms with Gasteiger partial charge >= 0.3 is 0 Å². The highest BCUT2D eigenvalue weighted by molar-refractivity contribution is 7.84. The van der Waals surface area contributed by atoms with Crippen molar-refractivity contribution in [2.45, 2.75) is 62.8 Å². The molecule has 0 aromatic heterocycles. The highest BCUT2D eigenvalue weighted by Crippen LogP contribution is 2.38. The third-order valence-corrected chi connectivity index (χ3v) is 5.88. The third kappa shape index (κ3) is 3.70. The monoisotopic (exact) mass is 325 g/mol. The Morgan fingerprint density at radius 1 is 1.27 bits per heavy atom. The van der Waals surface area contributed by atoms with Gasteiger partial charge in [-0.05, 0) is 51.3 Å². The van der Waals surface area contributed by atoms with Crippen molar-refractivity contribution < 1.29 is 14.1 Å². The van der Waals surface area contributed by atoms with Crippen molar-refractivity contribution in [3.63, 3.8) is 0 Å². The molecule has 0 radical (unpaired) electrons. The lowest BCUT2D eigenvalue weighted by Crippen LogP contribution is -2.53. The number of nitrogens with one attached hydrogen (secondary N) is 1. The first-order valence-corrected chi connectivity index (χ1v) is 8.97. The topological polar surface area (TPSA) is 58.6 Å². The first-order valence-electron chi connectivity index (χ1n) is 7.82. The fourth-order valence-electron chi connectivity index (χ4n) is 2.84. The Labute approximate surface area is 135 Å². The van der Waals surface area contributed by atoms with E-state index in [9.17, 15) is 9.32 Å². The maximum atomic E-state index is 12.4. The molecule has 0 saturated heterocycles. The van der Waals surface area contributed by atoms with Gasteiger partial charge < -0.3 is 9.84 Å². The van der Waals surface area contributed by atoms with Crippen molar-refractivity contribution in [3.05, 3.63) is 29.8 Å². The summed E-state index contributed by atoms with van der Waals surface area (Å²) in [7, 11) is 0.430. The summed E-state index contributed by atoms with van der Waals surface area (Å²) in [6.45, 7) is 5.81. The quantitative estimate of drug-likeness (QED) is 0.895. The Balaban J connectivity index is 2.25. The lowest BCUT2D eigenvalue weighted by Gasteiger charge is -2.41. The number of methoxy groups -OCH3 is 1. The zero-order valence-corrected chi connectivity index (χ0v) is 14.7. The summed E-state index contributed by atoms with van der Waals surface area (Å²) in [6.07, 6.45) is 3.52. The van der Waals surface area contributed by atoms with Crippen LogP contribution in [0.25, 0.3) is 0 Å². The maximum absolute atomic E-state index is 12.4. The van der Waals surface area contributed by atoms with Crippen LogP contribution < -0.4 is 9.46 Å². The highest BCUT2D eigenvalue weighted by atomic mass is 32.2. The minimum absolute atomic E-state index is 0.199. The third-order valence-electron chi connectivity index (χ3n) is 4.27. The van der Waals surface area contributed by atoms with Crippen LogP contribution in [0.3, 0.4) is 0 Å². The minimum atomic E-state index is -1.20. The number of aliphatic hydroxyl groups is 1. The lowest BCUT2D eigenvalue weighted by atomic mass is 9.76. The molecule has 1 fully saturated rings. The molecule has 124 valence electrons. The van der Waals surface area contributed by atoms with Gasteiger partial charge in [-0.1, -0.05) is 25.0 Å². The van der Waals surface area contributed by atoms with E-state index in [1.54, 1.807) is 7.11 Å². The number of hydrogen-bond donors (Lipinski definition) is 2. The van der Waals surface area contributed by atoms with Gasteiger partial charge in [0.15, 0.2) is 0 Å². The molecule has 0 heterocycles. The number of rotatable bonds is 4. The van der Waals surface area contributed by atoms with Gasteiger partial charge in [-0.25, -0.2) is 8.93 Å². The molecule has 1 saturated carbocycles. The molecule has 1 aromatic rings. The predicted octanol–water partition coefficient (Wildman–Crippen LogP) is 2.88. The maximum Gasteiger partial charge on any atom is 0.118 e. The molecule has 0 bridgehead atoms. The molecular formula is C17H27NO3S. The Morgan fingerprint density at radius 2 is 1.91 bits per heavy atom. The second kappa shape index (κ2) is 6.69. The van der Waals surface area contributed by atoms with Crippen LogP contribution in [0.1, 0.15) is 52.0 Å². The van der Waals surface area contributed by atoms with E-state index in [0.717, 1.165) is 30.6 Å². The van der Waals surface area contributed by atoms with E-state index in [1.807, 2.05) is 45.0 Å². The smallest absolute Gasteiger partial charge is 0.118 e. The Morgan fingerprint density at radius 3 is 2.45 bits per heavy atom. The summed E-state index contributed by atoms with van der Waals surface area (Å²) in [5.74, 6) is 0.769. The average Bonchev–Trinajstić information content (AvgIpc) is 2.48. The molecule has 0 amide bonds. The van der Waals surface area contributed by atoms with Crippen LogP contribution in [0.2, 0.25) is 0 Å². The van der Waals surface area contributed by atoms with Crippen LogP contribution >= 0.6 is 0 Å². The fourth-order valence-corrected chi connectivity index (χ4v) is 3.77.